The van der Waals surface area contributed by atoms with Crippen molar-refractivity contribution in [1.82, 2.24) is 14.8 Å². The molecule has 2 aromatic rings. The topological polar surface area (TPSA) is 66.0 Å². The second-order valence-corrected chi connectivity index (χ2v) is 3.74. The highest BCUT2D eigenvalue weighted by Gasteiger charge is 2.11. The van der Waals surface area contributed by atoms with Gasteiger partial charge in [-0.05, 0) is 24.6 Å². The van der Waals surface area contributed by atoms with Gasteiger partial charge in [0.2, 0.25) is 0 Å². The van der Waals surface area contributed by atoms with Crippen molar-refractivity contribution in [3.63, 3.8) is 0 Å². The van der Waals surface area contributed by atoms with Gasteiger partial charge in [-0.3, -0.25) is 4.68 Å². The number of aromatic nitrogens is 3. The van der Waals surface area contributed by atoms with Crippen LogP contribution >= 0.6 is 0 Å². The van der Waals surface area contributed by atoms with Crippen LogP contribution < -0.4 is 10.5 Å². The third-order valence-corrected chi connectivity index (χ3v) is 2.65. The molecule has 0 unspecified atom stereocenters. The average Bonchev–Trinajstić information content (AvgIpc) is 2.71. The molecule has 17 heavy (non-hydrogen) atoms. The molecule has 2 aromatic heterocycles. The fourth-order valence-electron chi connectivity index (χ4n) is 1.81. The molecule has 2 heterocycles. The van der Waals surface area contributed by atoms with Crippen molar-refractivity contribution in [3.8, 4) is 5.75 Å². The Morgan fingerprint density at radius 2 is 2.29 bits per heavy atom. The zero-order valence-corrected chi connectivity index (χ0v) is 10.1. The number of aryl methyl sites for hydroxylation is 1. The molecule has 5 nitrogen and oxygen atoms in total. The lowest BCUT2D eigenvalue weighted by molar-refractivity contribution is 0.408. The van der Waals surface area contributed by atoms with Gasteiger partial charge in [-0.2, -0.15) is 5.10 Å². The van der Waals surface area contributed by atoms with E-state index in [9.17, 15) is 0 Å². The third kappa shape index (κ3) is 2.38. The first-order valence-corrected chi connectivity index (χ1v) is 5.53. The molecule has 0 amide bonds. The second-order valence-electron chi connectivity index (χ2n) is 3.74. The van der Waals surface area contributed by atoms with Gasteiger partial charge in [-0.15, -0.1) is 0 Å². The Hall–Kier alpha value is -2.04. The van der Waals surface area contributed by atoms with Gasteiger partial charge in [-0.1, -0.05) is 0 Å². The fourth-order valence-corrected chi connectivity index (χ4v) is 1.81. The van der Waals surface area contributed by atoms with Crippen LogP contribution in [0.3, 0.4) is 0 Å². The van der Waals surface area contributed by atoms with Gasteiger partial charge in [0.1, 0.15) is 5.82 Å². The predicted molar refractivity (Wildman–Crippen MR) is 65.9 cm³/mol. The van der Waals surface area contributed by atoms with Crippen LogP contribution in [0.1, 0.15) is 18.2 Å². The van der Waals surface area contributed by atoms with Crippen molar-refractivity contribution in [2.75, 3.05) is 12.8 Å². The second kappa shape index (κ2) is 4.86. The van der Waals surface area contributed by atoms with Crippen LogP contribution in [0.4, 0.5) is 5.82 Å². The van der Waals surface area contributed by atoms with E-state index < -0.39 is 0 Å². The van der Waals surface area contributed by atoms with Gasteiger partial charge in [0.05, 0.1) is 19.0 Å². The summed E-state index contributed by atoms with van der Waals surface area (Å²) in [6.45, 7) is 2.87. The van der Waals surface area contributed by atoms with Crippen LogP contribution in [0.2, 0.25) is 0 Å². The molecule has 90 valence electrons. The van der Waals surface area contributed by atoms with Crippen LogP contribution in [0, 0.1) is 0 Å². The molecule has 0 bridgehead atoms. The Morgan fingerprint density at radius 1 is 1.47 bits per heavy atom. The minimum Gasteiger partial charge on any atom is -0.493 e. The maximum absolute atomic E-state index is 5.66. The van der Waals surface area contributed by atoms with Crippen LogP contribution in [0.25, 0.3) is 0 Å². The number of ether oxygens (including phenoxy) is 1. The maximum atomic E-state index is 5.66. The molecule has 0 aliphatic carbocycles. The number of anilines is 1. The Bertz CT molecular complexity index is 485. The highest BCUT2D eigenvalue weighted by molar-refractivity contribution is 5.36. The van der Waals surface area contributed by atoms with Crippen molar-refractivity contribution >= 4 is 5.82 Å². The minimum absolute atomic E-state index is 0.532. The summed E-state index contributed by atoms with van der Waals surface area (Å²) in [5, 5.41) is 4.27. The molecule has 0 saturated heterocycles. The molecular weight excluding hydrogens is 216 g/mol. The standard InChI is InChI=1S/C12H16N4O/c1-3-16-10(11(17-2)8-15-16)6-9-4-5-14-12(13)7-9/h4-5,7-8H,3,6H2,1-2H3,(H2,13,14). The van der Waals surface area contributed by atoms with E-state index in [-0.39, 0.29) is 0 Å². The summed E-state index contributed by atoms with van der Waals surface area (Å²) >= 11 is 0. The summed E-state index contributed by atoms with van der Waals surface area (Å²) in [6.07, 6.45) is 4.19. The normalized spacial score (nSPS) is 10.5. The first kappa shape index (κ1) is 11.4. The van der Waals surface area contributed by atoms with Crippen LogP contribution in [0.5, 0.6) is 5.75 Å². The number of hydrogen-bond acceptors (Lipinski definition) is 4. The predicted octanol–water partition coefficient (Wildman–Crippen LogP) is 1.48. The molecule has 0 fully saturated rings. The van der Waals surface area contributed by atoms with Crippen molar-refractivity contribution in [1.29, 1.82) is 0 Å². The van der Waals surface area contributed by atoms with Gasteiger partial charge >= 0.3 is 0 Å². The lowest BCUT2D eigenvalue weighted by Gasteiger charge is -2.07. The Morgan fingerprint density at radius 3 is 2.94 bits per heavy atom. The molecule has 2 rings (SSSR count). The van der Waals surface area contributed by atoms with Crippen molar-refractivity contribution in [2.24, 2.45) is 0 Å². The van der Waals surface area contributed by atoms with E-state index in [2.05, 4.69) is 17.0 Å². The zero-order chi connectivity index (χ0) is 12.3. The Labute approximate surface area is 100 Å². The van der Waals surface area contributed by atoms with Crippen LogP contribution in [-0.4, -0.2) is 21.9 Å². The quantitative estimate of drug-likeness (QED) is 0.867. The molecule has 5 heteroatoms. The maximum Gasteiger partial charge on any atom is 0.160 e. The number of rotatable bonds is 4. The summed E-state index contributed by atoms with van der Waals surface area (Å²) in [6, 6.07) is 3.81. The summed E-state index contributed by atoms with van der Waals surface area (Å²) in [5.41, 5.74) is 7.82. The molecule has 0 spiro atoms. The van der Waals surface area contributed by atoms with E-state index in [1.165, 1.54) is 0 Å². The van der Waals surface area contributed by atoms with Crippen molar-refractivity contribution in [3.05, 3.63) is 35.8 Å². The first-order valence-electron chi connectivity index (χ1n) is 5.53. The first-order chi connectivity index (χ1) is 8.24. The zero-order valence-electron chi connectivity index (χ0n) is 10.1. The molecular formula is C12H16N4O. The Kier molecular flexibility index (Phi) is 3.27. The van der Waals surface area contributed by atoms with E-state index in [4.69, 9.17) is 10.5 Å². The van der Waals surface area contributed by atoms with Crippen molar-refractivity contribution < 1.29 is 4.74 Å². The van der Waals surface area contributed by atoms with Gasteiger partial charge in [-0.25, -0.2) is 4.98 Å². The largest absolute Gasteiger partial charge is 0.493 e. The monoisotopic (exact) mass is 232 g/mol. The summed E-state index contributed by atoms with van der Waals surface area (Å²) in [7, 11) is 1.65. The molecule has 0 atom stereocenters. The van der Waals surface area contributed by atoms with Crippen LogP contribution in [-0.2, 0) is 13.0 Å². The lowest BCUT2D eigenvalue weighted by atomic mass is 10.1. The fraction of sp³-hybridized carbons (Fsp3) is 0.333. The summed E-state index contributed by atoms with van der Waals surface area (Å²) in [5.74, 6) is 1.34. The molecule has 0 radical (unpaired) electrons. The molecule has 0 aliphatic heterocycles. The number of methoxy groups -OCH3 is 1. The summed E-state index contributed by atoms with van der Waals surface area (Å²) in [4.78, 5) is 3.98. The lowest BCUT2D eigenvalue weighted by Crippen LogP contribution is -2.05. The number of nitrogens with two attached hydrogens (primary N) is 1. The molecule has 0 aromatic carbocycles. The van der Waals surface area contributed by atoms with Gasteiger partial charge in [0.15, 0.2) is 5.75 Å². The van der Waals surface area contributed by atoms with E-state index in [1.807, 2.05) is 16.8 Å². The molecule has 2 N–H and O–H groups in total. The number of nitrogen functional groups attached to an aromatic ring is 1. The summed E-state index contributed by atoms with van der Waals surface area (Å²) < 4.78 is 7.23. The van der Waals surface area contributed by atoms with Gasteiger partial charge in [0.25, 0.3) is 0 Å². The van der Waals surface area contributed by atoms with Crippen molar-refractivity contribution in [2.45, 2.75) is 19.9 Å². The third-order valence-electron chi connectivity index (χ3n) is 2.65. The highest BCUT2D eigenvalue weighted by Crippen LogP contribution is 2.21. The van der Waals surface area contributed by atoms with Gasteiger partial charge < -0.3 is 10.5 Å². The van der Waals surface area contributed by atoms with Gasteiger partial charge in [0, 0.05) is 19.2 Å². The average molecular weight is 232 g/mol. The highest BCUT2D eigenvalue weighted by atomic mass is 16.5. The smallest absolute Gasteiger partial charge is 0.160 e. The van der Waals surface area contributed by atoms with E-state index in [1.54, 1.807) is 19.5 Å². The number of nitrogens with zero attached hydrogens (tertiary/aromatic N) is 3. The van der Waals surface area contributed by atoms with E-state index in [0.29, 0.717) is 5.82 Å². The number of hydrogen-bond donors (Lipinski definition) is 1. The minimum atomic E-state index is 0.532. The van der Waals surface area contributed by atoms with E-state index >= 15 is 0 Å². The molecule has 0 saturated carbocycles. The number of pyridine rings is 1. The van der Waals surface area contributed by atoms with E-state index in [0.717, 1.165) is 30.0 Å². The Balaban J connectivity index is 2.31. The van der Waals surface area contributed by atoms with Crippen LogP contribution in [0.15, 0.2) is 24.5 Å². The molecule has 0 aliphatic rings. The SMILES string of the molecule is CCn1ncc(OC)c1Cc1ccnc(N)c1.